The largest absolute Gasteiger partial charge is 0.329 e. The summed E-state index contributed by atoms with van der Waals surface area (Å²) in [4.78, 5) is 11.7. The van der Waals surface area contributed by atoms with E-state index in [2.05, 4.69) is 38.1 Å². The second-order valence-electron chi connectivity index (χ2n) is 7.48. The van der Waals surface area contributed by atoms with Crippen molar-refractivity contribution in [2.45, 2.75) is 31.2 Å². The molecule has 0 radical (unpaired) electrons. The van der Waals surface area contributed by atoms with Crippen LogP contribution in [-0.4, -0.2) is 43.8 Å². The lowest BCUT2D eigenvalue weighted by Gasteiger charge is -2.31. The summed E-state index contributed by atoms with van der Waals surface area (Å²) in [6.07, 6.45) is 0. The maximum Gasteiger partial charge on any atom is 0.269 e. The minimum absolute atomic E-state index is 0.103. The van der Waals surface area contributed by atoms with Gasteiger partial charge in [0.05, 0.1) is 36.0 Å². The maximum absolute atomic E-state index is 12.8. The highest BCUT2D eigenvalue weighted by molar-refractivity contribution is 7.89. The van der Waals surface area contributed by atoms with Gasteiger partial charge in [-0.2, -0.15) is 4.31 Å². The van der Waals surface area contributed by atoms with Crippen LogP contribution in [0.3, 0.4) is 0 Å². The van der Waals surface area contributed by atoms with Crippen molar-refractivity contribution in [1.29, 1.82) is 0 Å². The maximum atomic E-state index is 12.8. The van der Waals surface area contributed by atoms with Gasteiger partial charge in [-0.1, -0.05) is 38.1 Å². The zero-order valence-electron chi connectivity index (χ0n) is 16.2. The Balaban J connectivity index is 1.60. The summed E-state index contributed by atoms with van der Waals surface area (Å²) in [6, 6.07) is 13.7. The van der Waals surface area contributed by atoms with Crippen molar-refractivity contribution in [3.63, 3.8) is 0 Å². The van der Waals surface area contributed by atoms with Gasteiger partial charge in [-0.25, -0.2) is 8.42 Å². The summed E-state index contributed by atoms with van der Waals surface area (Å²) in [5.41, 5.74) is 2.46. The molecule has 2 aromatic rings. The van der Waals surface area contributed by atoms with E-state index in [4.69, 9.17) is 0 Å². The van der Waals surface area contributed by atoms with E-state index in [1.807, 2.05) is 0 Å². The van der Waals surface area contributed by atoms with Gasteiger partial charge in [0.1, 0.15) is 6.54 Å². The lowest BCUT2D eigenvalue weighted by Crippen LogP contribution is -3.13. The number of benzene rings is 2. The predicted octanol–water partition coefficient (Wildman–Crippen LogP) is 1.81. The van der Waals surface area contributed by atoms with Crippen LogP contribution in [0.15, 0.2) is 53.4 Å². The Morgan fingerprint density at radius 3 is 2.11 bits per heavy atom. The molecule has 3 rings (SSSR count). The molecule has 0 aliphatic carbocycles. The van der Waals surface area contributed by atoms with E-state index < -0.39 is 14.9 Å². The topological polar surface area (TPSA) is 85.0 Å². The Labute approximate surface area is 165 Å². The summed E-state index contributed by atoms with van der Waals surface area (Å²) in [5, 5.41) is 10.7. The van der Waals surface area contributed by atoms with Crippen LogP contribution in [-0.2, 0) is 16.6 Å². The molecule has 1 N–H and O–H groups in total. The van der Waals surface area contributed by atoms with Gasteiger partial charge >= 0.3 is 0 Å². The summed E-state index contributed by atoms with van der Waals surface area (Å²) in [6.45, 7) is 7.58. The van der Waals surface area contributed by atoms with E-state index in [0.29, 0.717) is 19.0 Å². The van der Waals surface area contributed by atoms with E-state index in [0.717, 1.165) is 19.6 Å². The molecule has 28 heavy (non-hydrogen) atoms. The molecule has 7 nitrogen and oxygen atoms in total. The van der Waals surface area contributed by atoms with Crippen molar-refractivity contribution in [1.82, 2.24) is 4.31 Å². The van der Waals surface area contributed by atoms with Gasteiger partial charge in [0, 0.05) is 17.7 Å². The van der Waals surface area contributed by atoms with Crippen LogP contribution < -0.4 is 4.90 Å². The van der Waals surface area contributed by atoms with E-state index >= 15 is 0 Å². The number of rotatable bonds is 6. The first kappa shape index (κ1) is 20.4. The first-order valence-corrected chi connectivity index (χ1v) is 10.9. The number of sulfonamides is 1. The third-order valence-corrected chi connectivity index (χ3v) is 7.13. The second kappa shape index (κ2) is 8.38. The molecule has 1 heterocycles. The summed E-state index contributed by atoms with van der Waals surface area (Å²) < 4.78 is 27.0. The van der Waals surface area contributed by atoms with Crippen LogP contribution in [0.25, 0.3) is 0 Å². The van der Waals surface area contributed by atoms with E-state index in [1.54, 1.807) is 0 Å². The minimum atomic E-state index is -3.62. The van der Waals surface area contributed by atoms with Gasteiger partial charge in [-0.05, 0) is 23.6 Å². The molecule has 0 unspecified atom stereocenters. The summed E-state index contributed by atoms with van der Waals surface area (Å²) in [5.74, 6) is 0.509. The molecule has 0 bridgehead atoms. The van der Waals surface area contributed by atoms with Gasteiger partial charge in [0.15, 0.2) is 0 Å². The number of nitro groups is 1. The minimum Gasteiger partial charge on any atom is -0.329 e. The monoisotopic (exact) mass is 404 g/mol. The van der Waals surface area contributed by atoms with Gasteiger partial charge in [0.25, 0.3) is 5.69 Å². The Bertz CT molecular complexity index is 917. The zero-order valence-corrected chi connectivity index (χ0v) is 17.0. The SMILES string of the molecule is CC(C)c1ccc(C[NH+]2CCN(S(=O)(=O)c3ccc([N+](=O)[O-])cc3)CC2)cc1. The van der Waals surface area contributed by atoms with E-state index in [-0.39, 0.29) is 10.6 Å². The average molecular weight is 405 g/mol. The molecular formula is C20H26N3O4S+. The number of nitro benzene ring substituents is 1. The Morgan fingerprint density at radius 1 is 1.04 bits per heavy atom. The highest BCUT2D eigenvalue weighted by atomic mass is 32.2. The molecule has 0 spiro atoms. The van der Waals surface area contributed by atoms with Gasteiger partial charge in [0.2, 0.25) is 10.0 Å². The first-order valence-electron chi connectivity index (χ1n) is 9.44. The van der Waals surface area contributed by atoms with Crippen LogP contribution in [0, 0.1) is 10.1 Å². The van der Waals surface area contributed by atoms with Crippen LogP contribution >= 0.6 is 0 Å². The highest BCUT2D eigenvalue weighted by Gasteiger charge is 2.30. The van der Waals surface area contributed by atoms with Crippen molar-refractivity contribution in [2.75, 3.05) is 26.2 Å². The van der Waals surface area contributed by atoms with Crippen molar-refractivity contribution in [3.05, 3.63) is 69.8 Å². The molecule has 2 aromatic carbocycles. The van der Waals surface area contributed by atoms with Crippen LogP contribution in [0.5, 0.6) is 0 Å². The van der Waals surface area contributed by atoms with E-state index in [9.17, 15) is 18.5 Å². The number of nitrogens with zero attached hydrogens (tertiary/aromatic N) is 2. The van der Waals surface area contributed by atoms with Crippen LogP contribution in [0.2, 0.25) is 0 Å². The summed E-state index contributed by atoms with van der Waals surface area (Å²) in [7, 11) is -3.62. The second-order valence-corrected chi connectivity index (χ2v) is 9.42. The van der Waals surface area contributed by atoms with Crippen LogP contribution in [0.4, 0.5) is 5.69 Å². The molecule has 0 aromatic heterocycles. The van der Waals surface area contributed by atoms with E-state index in [1.165, 1.54) is 44.6 Å². The van der Waals surface area contributed by atoms with Crippen molar-refractivity contribution < 1.29 is 18.2 Å². The fourth-order valence-corrected chi connectivity index (χ4v) is 4.86. The lowest BCUT2D eigenvalue weighted by atomic mass is 10.0. The van der Waals surface area contributed by atoms with Crippen LogP contribution in [0.1, 0.15) is 30.9 Å². The van der Waals surface area contributed by atoms with Gasteiger partial charge < -0.3 is 4.90 Å². The standard InChI is InChI=1S/C20H25N3O4S/c1-16(2)18-5-3-17(4-6-18)15-21-11-13-22(14-12-21)28(26,27)20-9-7-19(8-10-20)23(24)25/h3-10,16H,11-15H2,1-2H3/p+1. The number of hydrogen-bond acceptors (Lipinski definition) is 4. The Morgan fingerprint density at radius 2 is 1.61 bits per heavy atom. The normalized spacial score (nSPS) is 16.4. The van der Waals surface area contributed by atoms with Crippen molar-refractivity contribution >= 4 is 15.7 Å². The molecule has 0 atom stereocenters. The third-order valence-electron chi connectivity index (χ3n) is 5.22. The number of non-ortho nitro benzene ring substituents is 1. The molecular weight excluding hydrogens is 378 g/mol. The van der Waals surface area contributed by atoms with Crippen molar-refractivity contribution in [3.8, 4) is 0 Å². The molecule has 1 saturated heterocycles. The Hall–Kier alpha value is -2.29. The van der Waals surface area contributed by atoms with Crippen molar-refractivity contribution in [2.24, 2.45) is 0 Å². The van der Waals surface area contributed by atoms with Gasteiger partial charge in [-0.3, -0.25) is 10.1 Å². The number of piperazine rings is 1. The predicted molar refractivity (Wildman–Crippen MR) is 107 cm³/mol. The summed E-state index contributed by atoms with van der Waals surface area (Å²) >= 11 is 0. The quantitative estimate of drug-likeness (QED) is 0.588. The van der Waals surface area contributed by atoms with Gasteiger partial charge in [-0.15, -0.1) is 0 Å². The molecule has 8 heteroatoms. The highest BCUT2D eigenvalue weighted by Crippen LogP contribution is 2.19. The average Bonchev–Trinajstić information content (AvgIpc) is 2.69. The molecule has 150 valence electrons. The number of quaternary nitrogens is 1. The fraction of sp³-hybridized carbons (Fsp3) is 0.400. The smallest absolute Gasteiger partial charge is 0.269 e. The first-order chi connectivity index (χ1) is 13.3. The third kappa shape index (κ3) is 4.57. The molecule has 1 aliphatic rings. The Kier molecular flexibility index (Phi) is 6.12. The molecule has 0 saturated carbocycles. The zero-order chi connectivity index (χ0) is 20.3. The lowest BCUT2D eigenvalue weighted by molar-refractivity contribution is -0.917. The number of hydrogen-bond donors (Lipinski definition) is 1. The molecule has 0 amide bonds. The fourth-order valence-electron chi connectivity index (χ4n) is 3.42. The number of nitrogens with one attached hydrogen (secondary N) is 1. The molecule has 1 fully saturated rings. The molecule has 1 aliphatic heterocycles.